The zero-order valence-electron chi connectivity index (χ0n) is 21.8. The van der Waals surface area contributed by atoms with Gasteiger partial charge in [-0.1, -0.05) is 47.3 Å². The van der Waals surface area contributed by atoms with E-state index in [2.05, 4.69) is 20.9 Å². The summed E-state index contributed by atoms with van der Waals surface area (Å²) in [5, 5.41) is 0. The minimum Gasteiger partial charge on any atom is -0.370 e. The number of nitrogens with zero attached hydrogens (tertiary/aromatic N) is 2. The average molecular weight is 594 g/mol. The van der Waals surface area contributed by atoms with Crippen LogP contribution in [0.15, 0.2) is 33.7 Å². The molecule has 0 unspecified atom stereocenters. The number of rotatable bonds is 13. The fourth-order valence-electron chi connectivity index (χ4n) is 5.80. The van der Waals surface area contributed by atoms with Gasteiger partial charge < -0.3 is 16.4 Å². The van der Waals surface area contributed by atoms with E-state index >= 15 is 0 Å². The molecule has 4 N–H and O–H groups in total. The number of nitrogens with two attached hydrogens (primary N) is 2. The van der Waals surface area contributed by atoms with E-state index in [1.165, 1.54) is 0 Å². The van der Waals surface area contributed by atoms with E-state index in [9.17, 15) is 23.6 Å². The van der Waals surface area contributed by atoms with Crippen molar-refractivity contribution in [3.05, 3.63) is 34.3 Å². The molecule has 1 saturated heterocycles. The van der Waals surface area contributed by atoms with Gasteiger partial charge in [-0.3, -0.25) is 24.2 Å². The summed E-state index contributed by atoms with van der Waals surface area (Å²) in [6.45, 7) is -0.417. The number of aliphatic imine (C=N–C) groups is 1. The monoisotopic (exact) mass is 592 g/mol. The van der Waals surface area contributed by atoms with Gasteiger partial charge in [0, 0.05) is 41.9 Å². The SMILES string of the molecule is NC(N)=NCCC[C@H](CC(=O)[C@@H]1CCCN1C(=O)C1(CC(=O)c2ccc(Br)cc2)CCCCC1)C(=O)CF. The smallest absolute Gasteiger partial charge is 0.229 e. The number of hydrogen-bond donors (Lipinski definition) is 2. The van der Waals surface area contributed by atoms with Crippen LogP contribution in [0.25, 0.3) is 0 Å². The van der Waals surface area contributed by atoms with Gasteiger partial charge >= 0.3 is 0 Å². The van der Waals surface area contributed by atoms with Crippen LogP contribution in [0.1, 0.15) is 81.0 Å². The van der Waals surface area contributed by atoms with E-state index in [0.29, 0.717) is 44.2 Å². The Morgan fingerprint density at radius 3 is 2.39 bits per heavy atom. The Morgan fingerprint density at radius 1 is 1.08 bits per heavy atom. The molecular weight excluding hydrogens is 555 g/mol. The van der Waals surface area contributed by atoms with Gasteiger partial charge in [0.15, 0.2) is 23.3 Å². The number of alkyl halides is 1. The van der Waals surface area contributed by atoms with Crippen LogP contribution in [0.2, 0.25) is 0 Å². The zero-order chi connectivity index (χ0) is 27.7. The lowest BCUT2D eigenvalue weighted by molar-refractivity contribution is -0.148. The maximum atomic E-state index is 14.1. The van der Waals surface area contributed by atoms with Crippen molar-refractivity contribution in [3.8, 4) is 0 Å². The van der Waals surface area contributed by atoms with Crippen LogP contribution in [-0.2, 0) is 14.4 Å². The number of carbonyl (C=O) groups excluding carboxylic acids is 4. The molecule has 208 valence electrons. The van der Waals surface area contributed by atoms with E-state index in [4.69, 9.17) is 11.5 Å². The number of carbonyl (C=O) groups is 4. The molecule has 8 nitrogen and oxygen atoms in total. The lowest BCUT2D eigenvalue weighted by Crippen LogP contribution is -2.50. The van der Waals surface area contributed by atoms with Crippen molar-refractivity contribution in [2.24, 2.45) is 27.8 Å². The summed E-state index contributed by atoms with van der Waals surface area (Å²) in [5.74, 6) is -1.91. The molecule has 1 aromatic carbocycles. The van der Waals surface area contributed by atoms with Gasteiger partial charge in [-0.15, -0.1) is 0 Å². The molecule has 10 heteroatoms. The number of amides is 1. The van der Waals surface area contributed by atoms with Gasteiger partial charge in [0.2, 0.25) is 5.91 Å². The minimum atomic E-state index is -1.14. The molecule has 0 radical (unpaired) electrons. The summed E-state index contributed by atoms with van der Waals surface area (Å²) < 4.78 is 14.1. The molecule has 1 aromatic rings. The van der Waals surface area contributed by atoms with Crippen LogP contribution < -0.4 is 11.5 Å². The Bertz CT molecular complexity index is 1040. The second-order valence-corrected chi connectivity index (χ2v) is 11.4. The van der Waals surface area contributed by atoms with E-state index in [1.807, 2.05) is 12.1 Å². The molecule has 0 bridgehead atoms. The first-order valence-electron chi connectivity index (χ1n) is 13.4. The van der Waals surface area contributed by atoms with Crippen molar-refractivity contribution >= 4 is 45.1 Å². The fourth-order valence-corrected chi connectivity index (χ4v) is 6.06. The van der Waals surface area contributed by atoms with Crippen LogP contribution >= 0.6 is 15.9 Å². The summed E-state index contributed by atoms with van der Waals surface area (Å²) in [5.41, 5.74) is 10.4. The predicted molar refractivity (Wildman–Crippen MR) is 147 cm³/mol. The average Bonchev–Trinajstić information content (AvgIpc) is 3.40. The maximum Gasteiger partial charge on any atom is 0.229 e. The third-order valence-corrected chi connectivity index (χ3v) is 8.38. The van der Waals surface area contributed by atoms with Crippen LogP contribution in [-0.4, -0.2) is 59.9 Å². The van der Waals surface area contributed by atoms with Crippen LogP contribution in [0.4, 0.5) is 4.39 Å². The van der Waals surface area contributed by atoms with E-state index in [-0.39, 0.29) is 49.2 Å². The molecule has 1 amide bonds. The van der Waals surface area contributed by atoms with Crippen molar-refractivity contribution in [3.63, 3.8) is 0 Å². The van der Waals surface area contributed by atoms with E-state index in [1.54, 1.807) is 17.0 Å². The topological polar surface area (TPSA) is 136 Å². The van der Waals surface area contributed by atoms with Gasteiger partial charge in [0.05, 0.1) is 11.5 Å². The van der Waals surface area contributed by atoms with Crippen molar-refractivity contribution in [2.75, 3.05) is 19.8 Å². The molecule has 2 aliphatic rings. The fraction of sp³-hybridized carbons (Fsp3) is 0.607. The first-order valence-corrected chi connectivity index (χ1v) is 14.2. The highest BCUT2D eigenvalue weighted by molar-refractivity contribution is 9.10. The molecule has 1 saturated carbocycles. The number of Topliss-reactive ketones (excluding diaryl/α,β-unsaturated/α-hetero) is 3. The van der Waals surface area contributed by atoms with Crippen molar-refractivity contribution in [1.29, 1.82) is 0 Å². The molecule has 0 spiro atoms. The molecule has 1 aliphatic heterocycles. The standard InChI is InChI=1S/C28H38BrFN4O4/c29-21-10-8-19(9-11-21)24(36)17-28(12-2-1-3-13-28)26(38)34-15-5-7-22(34)23(35)16-20(25(37)18-30)6-4-14-33-27(31)32/h8-11,20,22H,1-7,12-18H2,(H4,31,32,33)/t20-,22+/m1/s1. The van der Waals surface area contributed by atoms with Gasteiger partial charge in [-0.05, 0) is 50.7 Å². The second-order valence-electron chi connectivity index (χ2n) is 10.5. The Labute approximate surface area is 231 Å². The molecule has 0 aromatic heterocycles. The normalized spacial score (nSPS) is 19.5. The molecule has 3 rings (SSSR count). The number of likely N-dealkylation sites (tertiary alicyclic amines) is 1. The molecule has 1 aliphatic carbocycles. The Balaban J connectivity index is 1.74. The molecular formula is C28H38BrFN4O4. The second kappa shape index (κ2) is 14.0. The molecule has 2 atom stereocenters. The van der Waals surface area contributed by atoms with Gasteiger partial charge in [0.1, 0.15) is 6.67 Å². The lowest BCUT2D eigenvalue weighted by Gasteiger charge is -2.40. The van der Waals surface area contributed by atoms with Crippen LogP contribution in [0.5, 0.6) is 0 Å². The highest BCUT2D eigenvalue weighted by Crippen LogP contribution is 2.43. The minimum absolute atomic E-state index is 0.0650. The summed E-state index contributed by atoms with van der Waals surface area (Å²) in [6.07, 6.45) is 5.84. The summed E-state index contributed by atoms with van der Waals surface area (Å²) in [6, 6.07) is 6.47. The van der Waals surface area contributed by atoms with Gasteiger partial charge in [-0.2, -0.15) is 0 Å². The Hall–Kier alpha value is -2.62. The predicted octanol–water partition coefficient (Wildman–Crippen LogP) is 4.13. The lowest BCUT2D eigenvalue weighted by atomic mass is 9.69. The highest BCUT2D eigenvalue weighted by atomic mass is 79.9. The summed E-state index contributed by atoms with van der Waals surface area (Å²) in [4.78, 5) is 58.4. The third-order valence-electron chi connectivity index (χ3n) is 7.85. The van der Waals surface area contributed by atoms with E-state index in [0.717, 1.165) is 23.7 Å². The third kappa shape index (κ3) is 7.71. The zero-order valence-corrected chi connectivity index (χ0v) is 23.4. The Kier molecular flexibility index (Phi) is 11.0. The number of hydrogen-bond acceptors (Lipinski definition) is 5. The number of ketones is 3. The number of guanidine groups is 1. The number of benzene rings is 1. The van der Waals surface area contributed by atoms with Gasteiger partial charge in [0.25, 0.3) is 0 Å². The Morgan fingerprint density at radius 2 is 1.76 bits per heavy atom. The van der Waals surface area contributed by atoms with Crippen molar-refractivity contribution in [2.45, 2.75) is 76.7 Å². The summed E-state index contributed by atoms with van der Waals surface area (Å²) >= 11 is 3.38. The van der Waals surface area contributed by atoms with Gasteiger partial charge in [-0.25, -0.2) is 4.39 Å². The first-order chi connectivity index (χ1) is 18.2. The first kappa shape index (κ1) is 29.9. The van der Waals surface area contributed by atoms with Crippen LogP contribution in [0.3, 0.4) is 0 Å². The molecule has 2 fully saturated rings. The molecule has 1 heterocycles. The largest absolute Gasteiger partial charge is 0.370 e. The van der Waals surface area contributed by atoms with Crippen molar-refractivity contribution in [1.82, 2.24) is 4.90 Å². The highest BCUT2D eigenvalue weighted by Gasteiger charge is 2.47. The maximum absolute atomic E-state index is 14.1. The quantitative estimate of drug-likeness (QED) is 0.153. The van der Waals surface area contributed by atoms with Crippen molar-refractivity contribution < 1.29 is 23.6 Å². The number of halogens is 2. The van der Waals surface area contributed by atoms with Crippen LogP contribution in [0, 0.1) is 11.3 Å². The molecule has 38 heavy (non-hydrogen) atoms. The summed E-state index contributed by atoms with van der Waals surface area (Å²) in [7, 11) is 0. The van der Waals surface area contributed by atoms with E-state index < -0.39 is 29.8 Å².